The molecule has 6 heteroatoms. The van der Waals surface area contributed by atoms with Gasteiger partial charge in [0, 0.05) is 0 Å². The van der Waals surface area contributed by atoms with Crippen LogP contribution in [-0.4, -0.2) is 14.2 Å². The van der Waals surface area contributed by atoms with Gasteiger partial charge in [0.2, 0.25) is 0 Å². The standard InChI is InChI=1S/C14H13Br2NO3/c1-18-10-4-3-5-11(14(10)17)20-13-7-8(15)12(19-2)6-9(13)16/h3-7H,17H2,1-2H3. The van der Waals surface area contributed by atoms with Crippen molar-refractivity contribution in [2.45, 2.75) is 0 Å². The van der Waals surface area contributed by atoms with Crippen LogP contribution < -0.4 is 19.9 Å². The predicted octanol–water partition coefficient (Wildman–Crippen LogP) is 4.60. The number of nitrogens with two attached hydrogens (primary N) is 1. The van der Waals surface area contributed by atoms with Gasteiger partial charge < -0.3 is 19.9 Å². The number of benzene rings is 2. The zero-order valence-corrected chi connectivity index (χ0v) is 14.1. The quantitative estimate of drug-likeness (QED) is 0.759. The maximum atomic E-state index is 5.98. The molecule has 2 aromatic carbocycles. The molecule has 0 saturated heterocycles. The van der Waals surface area contributed by atoms with Gasteiger partial charge in [0.25, 0.3) is 0 Å². The molecule has 0 aliphatic heterocycles. The van der Waals surface area contributed by atoms with Crippen LogP contribution in [0.3, 0.4) is 0 Å². The number of para-hydroxylation sites is 1. The normalized spacial score (nSPS) is 10.2. The van der Waals surface area contributed by atoms with Gasteiger partial charge in [-0.1, -0.05) is 6.07 Å². The van der Waals surface area contributed by atoms with E-state index in [1.165, 1.54) is 0 Å². The van der Waals surface area contributed by atoms with Crippen LogP contribution in [0.1, 0.15) is 0 Å². The smallest absolute Gasteiger partial charge is 0.154 e. The number of methoxy groups -OCH3 is 2. The van der Waals surface area contributed by atoms with Crippen molar-refractivity contribution in [3.63, 3.8) is 0 Å². The Kier molecular flexibility index (Phi) is 4.77. The summed E-state index contributed by atoms with van der Waals surface area (Å²) >= 11 is 6.86. The zero-order chi connectivity index (χ0) is 14.7. The van der Waals surface area contributed by atoms with E-state index in [9.17, 15) is 0 Å². The molecule has 2 aromatic rings. The van der Waals surface area contributed by atoms with Crippen molar-refractivity contribution in [3.05, 3.63) is 39.3 Å². The van der Waals surface area contributed by atoms with Gasteiger partial charge in [-0.25, -0.2) is 0 Å². The number of hydrogen-bond acceptors (Lipinski definition) is 4. The molecule has 0 saturated carbocycles. The van der Waals surface area contributed by atoms with E-state index in [4.69, 9.17) is 19.9 Å². The van der Waals surface area contributed by atoms with Gasteiger partial charge in [-0.05, 0) is 56.1 Å². The van der Waals surface area contributed by atoms with Crippen LogP contribution in [0.2, 0.25) is 0 Å². The van der Waals surface area contributed by atoms with Crippen molar-refractivity contribution in [1.29, 1.82) is 0 Å². The summed E-state index contributed by atoms with van der Waals surface area (Å²) in [5.41, 5.74) is 6.44. The first kappa shape index (κ1) is 15.0. The summed E-state index contributed by atoms with van der Waals surface area (Å²) in [6.45, 7) is 0. The Balaban J connectivity index is 2.38. The molecule has 0 aliphatic rings. The van der Waals surface area contributed by atoms with Crippen molar-refractivity contribution in [2.75, 3.05) is 20.0 Å². The maximum Gasteiger partial charge on any atom is 0.154 e. The van der Waals surface area contributed by atoms with Crippen molar-refractivity contribution >= 4 is 37.5 Å². The summed E-state index contributed by atoms with van der Waals surface area (Å²) in [5.74, 6) is 2.44. The minimum atomic E-state index is 0.453. The van der Waals surface area contributed by atoms with Crippen LogP contribution in [0, 0.1) is 0 Å². The Bertz CT molecular complexity index is 632. The fourth-order valence-electron chi connectivity index (χ4n) is 1.65. The minimum absolute atomic E-state index is 0.453. The topological polar surface area (TPSA) is 53.7 Å². The van der Waals surface area contributed by atoms with Gasteiger partial charge in [0.15, 0.2) is 5.75 Å². The molecule has 0 unspecified atom stereocenters. The molecular formula is C14H13Br2NO3. The lowest BCUT2D eigenvalue weighted by Gasteiger charge is -2.13. The van der Waals surface area contributed by atoms with Crippen molar-refractivity contribution < 1.29 is 14.2 Å². The molecular weight excluding hydrogens is 390 g/mol. The predicted molar refractivity (Wildman–Crippen MR) is 85.9 cm³/mol. The number of hydrogen-bond donors (Lipinski definition) is 1. The SMILES string of the molecule is COc1cc(Br)c(Oc2cccc(OC)c2N)cc1Br. The molecule has 106 valence electrons. The van der Waals surface area contributed by atoms with E-state index in [1.807, 2.05) is 18.2 Å². The van der Waals surface area contributed by atoms with Crippen LogP contribution in [0.5, 0.6) is 23.0 Å². The number of anilines is 1. The minimum Gasteiger partial charge on any atom is -0.496 e. The highest BCUT2D eigenvalue weighted by molar-refractivity contribution is 9.11. The Hall–Kier alpha value is -1.40. The molecule has 0 fully saturated rings. The third kappa shape index (κ3) is 3.02. The number of ether oxygens (including phenoxy) is 3. The fraction of sp³-hybridized carbons (Fsp3) is 0.143. The summed E-state index contributed by atoms with van der Waals surface area (Å²) in [5, 5.41) is 0. The van der Waals surface area contributed by atoms with Crippen molar-refractivity contribution in [3.8, 4) is 23.0 Å². The molecule has 20 heavy (non-hydrogen) atoms. The molecule has 0 aromatic heterocycles. The monoisotopic (exact) mass is 401 g/mol. The Morgan fingerprint density at radius 2 is 1.40 bits per heavy atom. The highest BCUT2D eigenvalue weighted by Crippen LogP contribution is 2.40. The maximum absolute atomic E-state index is 5.98. The summed E-state index contributed by atoms with van der Waals surface area (Å²) in [7, 11) is 3.17. The first-order valence-corrected chi connectivity index (χ1v) is 7.28. The van der Waals surface area contributed by atoms with Gasteiger partial charge in [-0.2, -0.15) is 0 Å². The highest BCUT2D eigenvalue weighted by atomic mass is 79.9. The van der Waals surface area contributed by atoms with Crippen LogP contribution in [-0.2, 0) is 0 Å². The van der Waals surface area contributed by atoms with E-state index in [1.54, 1.807) is 26.4 Å². The van der Waals surface area contributed by atoms with E-state index in [0.717, 1.165) is 8.95 Å². The second-order valence-electron chi connectivity index (χ2n) is 3.89. The first-order valence-electron chi connectivity index (χ1n) is 5.70. The Morgan fingerprint density at radius 3 is 2.05 bits per heavy atom. The molecule has 2 N–H and O–H groups in total. The second kappa shape index (κ2) is 6.37. The molecule has 0 spiro atoms. The lowest BCUT2D eigenvalue weighted by molar-refractivity contribution is 0.407. The fourth-order valence-corrected chi connectivity index (χ4v) is 2.54. The van der Waals surface area contributed by atoms with Gasteiger partial charge in [0.1, 0.15) is 22.9 Å². The van der Waals surface area contributed by atoms with Gasteiger partial charge in [0.05, 0.1) is 23.2 Å². The van der Waals surface area contributed by atoms with Gasteiger partial charge >= 0.3 is 0 Å². The summed E-state index contributed by atoms with van der Waals surface area (Å²) in [4.78, 5) is 0. The molecule has 0 heterocycles. The summed E-state index contributed by atoms with van der Waals surface area (Å²) in [6.07, 6.45) is 0. The average molecular weight is 403 g/mol. The molecule has 0 aliphatic carbocycles. The van der Waals surface area contributed by atoms with Crippen LogP contribution >= 0.6 is 31.9 Å². The molecule has 4 nitrogen and oxygen atoms in total. The van der Waals surface area contributed by atoms with Crippen LogP contribution in [0.4, 0.5) is 5.69 Å². The Labute approximate surface area is 134 Å². The summed E-state index contributed by atoms with van der Waals surface area (Å²) in [6, 6.07) is 9.00. The molecule has 2 rings (SSSR count). The number of halogens is 2. The lowest BCUT2D eigenvalue weighted by atomic mass is 10.2. The second-order valence-corrected chi connectivity index (χ2v) is 5.60. The van der Waals surface area contributed by atoms with E-state index in [-0.39, 0.29) is 0 Å². The van der Waals surface area contributed by atoms with Crippen molar-refractivity contribution in [1.82, 2.24) is 0 Å². The van der Waals surface area contributed by atoms with E-state index in [2.05, 4.69) is 31.9 Å². The highest BCUT2D eigenvalue weighted by Gasteiger charge is 2.12. The first-order chi connectivity index (χ1) is 9.56. The third-order valence-corrected chi connectivity index (χ3v) is 3.91. The molecule has 0 bridgehead atoms. The molecule has 0 atom stereocenters. The van der Waals surface area contributed by atoms with Crippen molar-refractivity contribution in [2.24, 2.45) is 0 Å². The number of nitrogen functional groups attached to an aromatic ring is 1. The zero-order valence-electron chi connectivity index (χ0n) is 10.9. The average Bonchev–Trinajstić information content (AvgIpc) is 2.44. The molecule has 0 radical (unpaired) electrons. The van der Waals surface area contributed by atoms with Crippen LogP contribution in [0.15, 0.2) is 39.3 Å². The van der Waals surface area contributed by atoms with E-state index >= 15 is 0 Å². The van der Waals surface area contributed by atoms with Gasteiger partial charge in [-0.15, -0.1) is 0 Å². The number of rotatable bonds is 4. The lowest BCUT2D eigenvalue weighted by Crippen LogP contribution is -1.96. The van der Waals surface area contributed by atoms with Crippen LogP contribution in [0.25, 0.3) is 0 Å². The Morgan fingerprint density at radius 1 is 0.850 bits per heavy atom. The van der Waals surface area contributed by atoms with E-state index < -0.39 is 0 Å². The van der Waals surface area contributed by atoms with Gasteiger partial charge in [-0.3, -0.25) is 0 Å². The van der Waals surface area contributed by atoms with E-state index in [0.29, 0.717) is 28.7 Å². The largest absolute Gasteiger partial charge is 0.496 e. The summed E-state index contributed by atoms with van der Waals surface area (Å²) < 4.78 is 17.8. The molecule has 0 amide bonds. The third-order valence-electron chi connectivity index (χ3n) is 2.67.